The maximum Gasteiger partial charge on any atom is -0.0107 e. The van der Waals surface area contributed by atoms with Gasteiger partial charge in [-0.3, -0.25) is 0 Å². The van der Waals surface area contributed by atoms with Crippen molar-refractivity contribution >= 4 is 24.0 Å². The fourth-order valence-corrected chi connectivity index (χ4v) is 5.00. The highest BCUT2D eigenvalue weighted by molar-refractivity contribution is 7.66. The summed E-state index contributed by atoms with van der Waals surface area (Å²) in [6.07, 6.45) is 5.35. The van der Waals surface area contributed by atoms with Crippen LogP contribution in [0.5, 0.6) is 0 Å². The van der Waals surface area contributed by atoms with Gasteiger partial charge in [0.05, 0.1) is 0 Å². The van der Waals surface area contributed by atoms with E-state index >= 15 is 0 Å². The minimum absolute atomic E-state index is 0.0442. The van der Waals surface area contributed by atoms with Crippen molar-refractivity contribution in [1.29, 1.82) is 0 Å². The highest BCUT2D eigenvalue weighted by Crippen LogP contribution is 2.38. The summed E-state index contributed by atoms with van der Waals surface area (Å²) < 4.78 is 0. The van der Waals surface area contributed by atoms with Crippen LogP contribution in [0.15, 0.2) is 42.5 Å². The van der Waals surface area contributed by atoms with Crippen molar-refractivity contribution in [1.82, 2.24) is 0 Å². The second-order valence-corrected chi connectivity index (χ2v) is 6.94. The summed E-state index contributed by atoms with van der Waals surface area (Å²) in [5.74, 6) is 0. The Hall–Kier alpha value is -0.870. The minimum Gasteiger partial charge on any atom is -0.0747 e. The standard InChI is InChI=1S/C16H21P/c1-3-12-17(13-4-2)16-11-7-9-14-8-5-6-10-15(14)16/h5-11H,3-4,12-13H2,1-2H3. The molecule has 0 unspecified atom stereocenters. The quantitative estimate of drug-likeness (QED) is 0.665. The van der Waals surface area contributed by atoms with E-state index in [2.05, 4.69) is 56.3 Å². The molecule has 0 radical (unpaired) electrons. The van der Waals surface area contributed by atoms with Crippen molar-refractivity contribution in [2.45, 2.75) is 26.7 Å². The van der Waals surface area contributed by atoms with Crippen LogP contribution in [-0.4, -0.2) is 12.3 Å². The van der Waals surface area contributed by atoms with Gasteiger partial charge in [0.15, 0.2) is 0 Å². The fourth-order valence-electron chi connectivity index (χ4n) is 2.38. The minimum atomic E-state index is 0.0442. The van der Waals surface area contributed by atoms with Gasteiger partial charge in [0, 0.05) is 0 Å². The molecular weight excluding hydrogens is 223 g/mol. The lowest BCUT2D eigenvalue weighted by atomic mass is 10.1. The highest BCUT2D eigenvalue weighted by atomic mass is 31.1. The summed E-state index contributed by atoms with van der Waals surface area (Å²) in [6.45, 7) is 4.60. The highest BCUT2D eigenvalue weighted by Gasteiger charge is 2.11. The van der Waals surface area contributed by atoms with Gasteiger partial charge < -0.3 is 0 Å². The molecule has 0 N–H and O–H groups in total. The van der Waals surface area contributed by atoms with Crippen LogP contribution in [0, 0.1) is 0 Å². The zero-order valence-corrected chi connectivity index (χ0v) is 11.7. The first-order valence-corrected chi connectivity index (χ1v) is 8.30. The number of rotatable bonds is 5. The summed E-state index contributed by atoms with van der Waals surface area (Å²) in [5, 5.41) is 4.48. The predicted octanol–water partition coefficient (Wildman–Crippen LogP) is 4.77. The van der Waals surface area contributed by atoms with Gasteiger partial charge in [-0.05, 0) is 28.4 Å². The third kappa shape index (κ3) is 2.87. The van der Waals surface area contributed by atoms with Crippen molar-refractivity contribution in [3.05, 3.63) is 42.5 Å². The summed E-state index contributed by atoms with van der Waals surface area (Å²) >= 11 is 0. The van der Waals surface area contributed by atoms with Crippen molar-refractivity contribution in [2.24, 2.45) is 0 Å². The van der Waals surface area contributed by atoms with Crippen molar-refractivity contribution in [2.75, 3.05) is 12.3 Å². The SMILES string of the molecule is CCCP(CCC)c1cccc2ccccc12. The van der Waals surface area contributed by atoms with Crippen LogP contribution in [-0.2, 0) is 0 Å². The van der Waals surface area contributed by atoms with E-state index in [1.54, 1.807) is 5.30 Å². The summed E-state index contributed by atoms with van der Waals surface area (Å²) in [6, 6.07) is 15.6. The van der Waals surface area contributed by atoms with Crippen molar-refractivity contribution < 1.29 is 0 Å². The average Bonchev–Trinajstić information content (AvgIpc) is 2.38. The van der Waals surface area contributed by atoms with Crippen molar-refractivity contribution in [3.63, 3.8) is 0 Å². The number of fused-ring (bicyclic) bond motifs is 1. The second-order valence-electron chi connectivity index (χ2n) is 4.49. The lowest BCUT2D eigenvalue weighted by Crippen LogP contribution is -2.07. The molecule has 0 bridgehead atoms. The van der Waals surface area contributed by atoms with Crippen LogP contribution in [0.3, 0.4) is 0 Å². The van der Waals surface area contributed by atoms with E-state index in [1.165, 1.54) is 35.9 Å². The largest absolute Gasteiger partial charge is 0.0747 e. The molecule has 2 rings (SSSR count). The Morgan fingerprint density at radius 2 is 1.47 bits per heavy atom. The van der Waals surface area contributed by atoms with Crippen LogP contribution in [0.25, 0.3) is 10.8 Å². The van der Waals surface area contributed by atoms with E-state index in [0.717, 1.165) is 0 Å². The Morgan fingerprint density at radius 1 is 0.824 bits per heavy atom. The van der Waals surface area contributed by atoms with E-state index in [0.29, 0.717) is 0 Å². The smallest absolute Gasteiger partial charge is 0.0107 e. The molecule has 0 aliphatic rings. The van der Waals surface area contributed by atoms with E-state index in [9.17, 15) is 0 Å². The molecule has 0 aromatic heterocycles. The van der Waals surface area contributed by atoms with E-state index < -0.39 is 0 Å². The Morgan fingerprint density at radius 3 is 2.18 bits per heavy atom. The zero-order chi connectivity index (χ0) is 12.1. The Kier molecular flexibility index (Phi) is 4.57. The zero-order valence-electron chi connectivity index (χ0n) is 10.8. The van der Waals surface area contributed by atoms with Crippen LogP contribution in [0.1, 0.15) is 26.7 Å². The molecule has 0 saturated carbocycles. The Labute approximate surface area is 106 Å². The molecule has 0 heterocycles. The fraction of sp³-hybridized carbons (Fsp3) is 0.375. The third-order valence-electron chi connectivity index (χ3n) is 3.09. The van der Waals surface area contributed by atoms with Crippen molar-refractivity contribution in [3.8, 4) is 0 Å². The molecule has 0 aliphatic carbocycles. The average molecular weight is 244 g/mol. The van der Waals surface area contributed by atoms with Crippen LogP contribution >= 0.6 is 7.92 Å². The van der Waals surface area contributed by atoms with Crippen LogP contribution in [0.4, 0.5) is 0 Å². The predicted molar refractivity (Wildman–Crippen MR) is 80.8 cm³/mol. The molecule has 2 aromatic carbocycles. The summed E-state index contributed by atoms with van der Waals surface area (Å²) in [7, 11) is 0.0442. The molecule has 0 atom stereocenters. The van der Waals surface area contributed by atoms with Gasteiger partial charge in [0.1, 0.15) is 0 Å². The topological polar surface area (TPSA) is 0 Å². The molecule has 0 aliphatic heterocycles. The Bertz CT molecular complexity index is 464. The van der Waals surface area contributed by atoms with Gasteiger partial charge in [-0.15, -0.1) is 0 Å². The van der Waals surface area contributed by atoms with Gasteiger partial charge in [-0.2, -0.15) is 0 Å². The monoisotopic (exact) mass is 244 g/mol. The van der Waals surface area contributed by atoms with Crippen LogP contribution in [0.2, 0.25) is 0 Å². The maximum absolute atomic E-state index is 2.35. The molecule has 0 spiro atoms. The molecule has 0 nitrogen and oxygen atoms in total. The summed E-state index contributed by atoms with van der Waals surface area (Å²) in [5.41, 5.74) is 0. The maximum atomic E-state index is 2.35. The van der Waals surface area contributed by atoms with E-state index in [1.807, 2.05) is 0 Å². The number of hydrogen-bond donors (Lipinski definition) is 0. The first-order chi connectivity index (χ1) is 8.36. The molecule has 0 fully saturated rings. The normalized spacial score (nSPS) is 11.2. The molecule has 0 amide bonds. The lowest BCUT2D eigenvalue weighted by Gasteiger charge is -2.18. The first-order valence-electron chi connectivity index (χ1n) is 6.59. The lowest BCUT2D eigenvalue weighted by molar-refractivity contribution is 1.06. The molecule has 0 saturated heterocycles. The molecule has 1 heteroatoms. The molecule has 90 valence electrons. The Balaban J connectivity index is 2.44. The summed E-state index contributed by atoms with van der Waals surface area (Å²) in [4.78, 5) is 0. The second kappa shape index (κ2) is 6.17. The van der Waals surface area contributed by atoms with Gasteiger partial charge in [-0.25, -0.2) is 0 Å². The van der Waals surface area contributed by atoms with E-state index in [-0.39, 0.29) is 7.92 Å². The van der Waals surface area contributed by atoms with E-state index in [4.69, 9.17) is 0 Å². The van der Waals surface area contributed by atoms with Gasteiger partial charge in [0.2, 0.25) is 0 Å². The first kappa shape index (κ1) is 12.6. The van der Waals surface area contributed by atoms with Gasteiger partial charge >= 0.3 is 0 Å². The van der Waals surface area contributed by atoms with Gasteiger partial charge in [-0.1, -0.05) is 77.1 Å². The number of hydrogen-bond acceptors (Lipinski definition) is 0. The van der Waals surface area contributed by atoms with Gasteiger partial charge in [0.25, 0.3) is 0 Å². The molecule has 17 heavy (non-hydrogen) atoms. The third-order valence-corrected chi connectivity index (χ3v) is 6.14. The molecular formula is C16H21P. The number of benzene rings is 2. The molecule has 2 aromatic rings. The van der Waals surface area contributed by atoms with Crippen LogP contribution < -0.4 is 5.30 Å².